The lowest BCUT2D eigenvalue weighted by Crippen LogP contribution is -1.98. The molecule has 0 aliphatic rings. The van der Waals surface area contributed by atoms with Crippen LogP contribution in [0.3, 0.4) is 0 Å². The molecule has 0 saturated carbocycles. The van der Waals surface area contributed by atoms with Gasteiger partial charge in [0.1, 0.15) is 4.84 Å². The summed E-state index contributed by atoms with van der Waals surface area (Å²) in [6.07, 6.45) is 0. The Balaban J connectivity index is 2.82. The van der Waals surface area contributed by atoms with E-state index in [2.05, 4.69) is 15.9 Å². The summed E-state index contributed by atoms with van der Waals surface area (Å²) in [5.74, 6) is 0. The molecular weight excluding hydrogens is 282 g/mol. The second-order valence-electron chi connectivity index (χ2n) is 2.29. The van der Waals surface area contributed by atoms with Gasteiger partial charge in [0.2, 0.25) is 0 Å². The lowest BCUT2D eigenvalue weighted by atomic mass is 10.2. The summed E-state index contributed by atoms with van der Waals surface area (Å²) in [5.41, 5.74) is 1.02. The predicted octanol–water partition coefficient (Wildman–Crippen LogP) is 4.58. The van der Waals surface area contributed by atoms with Gasteiger partial charge in [0, 0.05) is 5.02 Å². The molecular formula is C8H6BrCl3. The molecule has 0 aromatic heterocycles. The molecule has 0 saturated heterocycles. The highest BCUT2D eigenvalue weighted by Crippen LogP contribution is 2.32. The molecule has 0 nitrogen and oxygen atoms in total. The van der Waals surface area contributed by atoms with E-state index >= 15 is 0 Å². The molecule has 0 amide bonds. The van der Waals surface area contributed by atoms with Gasteiger partial charge in [-0.3, -0.25) is 0 Å². The van der Waals surface area contributed by atoms with Gasteiger partial charge in [0.15, 0.2) is 0 Å². The minimum atomic E-state index is -0.453. The molecule has 0 aliphatic heterocycles. The van der Waals surface area contributed by atoms with Gasteiger partial charge in [0.05, 0.1) is 4.83 Å². The van der Waals surface area contributed by atoms with E-state index in [0.29, 0.717) is 5.02 Å². The number of hydrogen-bond donors (Lipinski definition) is 0. The Morgan fingerprint density at radius 3 is 2.00 bits per heavy atom. The summed E-state index contributed by atoms with van der Waals surface area (Å²) >= 11 is 20.5. The molecule has 12 heavy (non-hydrogen) atoms. The van der Waals surface area contributed by atoms with Crippen molar-refractivity contribution in [3.8, 4) is 0 Å². The van der Waals surface area contributed by atoms with E-state index in [1.54, 1.807) is 12.1 Å². The zero-order valence-corrected chi connectivity index (χ0v) is 9.83. The highest BCUT2D eigenvalue weighted by molar-refractivity contribution is 9.09. The van der Waals surface area contributed by atoms with Crippen molar-refractivity contribution in [3.63, 3.8) is 0 Å². The molecule has 0 N–H and O–H groups in total. The first-order valence-corrected chi connectivity index (χ1v) is 5.45. The maximum atomic E-state index is 5.71. The van der Waals surface area contributed by atoms with Crippen molar-refractivity contribution in [3.05, 3.63) is 34.9 Å². The number of alkyl halides is 3. The molecule has 0 spiro atoms. The standard InChI is InChI=1S/C8H6BrCl3/c9-7(8(11)12)5-1-3-6(10)4-2-5/h1-4,7-8H. The zero-order valence-electron chi connectivity index (χ0n) is 5.98. The van der Waals surface area contributed by atoms with E-state index in [4.69, 9.17) is 34.8 Å². The summed E-state index contributed by atoms with van der Waals surface area (Å²) in [5, 5.41) is 0.708. The average molecular weight is 288 g/mol. The maximum absolute atomic E-state index is 5.71. The second kappa shape index (κ2) is 4.71. The highest BCUT2D eigenvalue weighted by Gasteiger charge is 2.14. The summed E-state index contributed by atoms with van der Waals surface area (Å²) in [4.78, 5) is -0.496. The molecule has 0 bridgehead atoms. The molecule has 1 aromatic carbocycles. The fourth-order valence-corrected chi connectivity index (χ4v) is 1.51. The van der Waals surface area contributed by atoms with Crippen molar-refractivity contribution in [1.29, 1.82) is 0 Å². The van der Waals surface area contributed by atoms with Crippen molar-refractivity contribution >= 4 is 50.7 Å². The van der Waals surface area contributed by atoms with Crippen molar-refractivity contribution in [2.24, 2.45) is 0 Å². The van der Waals surface area contributed by atoms with Crippen LogP contribution in [0.1, 0.15) is 10.4 Å². The molecule has 0 radical (unpaired) electrons. The molecule has 1 atom stereocenters. The fraction of sp³-hybridized carbons (Fsp3) is 0.250. The zero-order chi connectivity index (χ0) is 9.14. The molecule has 66 valence electrons. The van der Waals surface area contributed by atoms with Crippen LogP contribution >= 0.6 is 50.7 Å². The number of hydrogen-bond acceptors (Lipinski definition) is 0. The van der Waals surface area contributed by atoms with Gasteiger partial charge in [-0.15, -0.1) is 23.2 Å². The van der Waals surface area contributed by atoms with E-state index in [9.17, 15) is 0 Å². The van der Waals surface area contributed by atoms with Crippen LogP contribution in [0.2, 0.25) is 5.02 Å². The Bertz CT molecular complexity index is 245. The van der Waals surface area contributed by atoms with Gasteiger partial charge in [-0.05, 0) is 17.7 Å². The first-order chi connectivity index (χ1) is 5.61. The van der Waals surface area contributed by atoms with Gasteiger partial charge < -0.3 is 0 Å². The van der Waals surface area contributed by atoms with Crippen molar-refractivity contribution in [1.82, 2.24) is 0 Å². The number of benzene rings is 1. The summed E-state index contributed by atoms with van der Waals surface area (Å²) in [7, 11) is 0. The van der Waals surface area contributed by atoms with Gasteiger partial charge in [-0.25, -0.2) is 0 Å². The van der Waals surface area contributed by atoms with Crippen LogP contribution in [0.5, 0.6) is 0 Å². The van der Waals surface area contributed by atoms with Gasteiger partial charge in [-0.1, -0.05) is 39.7 Å². The number of rotatable bonds is 2. The molecule has 0 fully saturated rings. The minimum Gasteiger partial charge on any atom is -0.104 e. The predicted molar refractivity (Wildman–Crippen MR) is 58.6 cm³/mol. The third-order valence-corrected chi connectivity index (χ3v) is 3.83. The monoisotopic (exact) mass is 286 g/mol. The first-order valence-electron chi connectivity index (χ1n) is 3.29. The van der Waals surface area contributed by atoms with E-state index in [1.807, 2.05) is 12.1 Å². The molecule has 1 aromatic rings. The lowest BCUT2D eigenvalue weighted by molar-refractivity contribution is 1.07. The van der Waals surface area contributed by atoms with Crippen LogP contribution in [0.25, 0.3) is 0 Å². The molecule has 0 heterocycles. The second-order valence-corrected chi connectivity index (χ2v) is 4.87. The SMILES string of the molecule is Clc1ccc(C(Br)C(Cl)Cl)cc1. The smallest absolute Gasteiger partial charge is 0.104 e. The topological polar surface area (TPSA) is 0 Å². The Morgan fingerprint density at radius 1 is 1.08 bits per heavy atom. The summed E-state index contributed by atoms with van der Waals surface area (Å²) in [6.45, 7) is 0. The van der Waals surface area contributed by atoms with Crippen molar-refractivity contribution < 1.29 is 0 Å². The van der Waals surface area contributed by atoms with Crippen LogP contribution in [-0.2, 0) is 0 Å². The molecule has 4 heteroatoms. The van der Waals surface area contributed by atoms with Crippen LogP contribution < -0.4 is 0 Å². The van der Waals surface area contributed by atoms with E-state index in [-0.39, 0.29) is 4.83 Å². The van der Waals surface area contributed by atoms with Crippen LogP contribution in [0.4, 0.5) is 0 Å². The van der Waals surface area contributed by atoms with E-state index < -0.39 is 4.84 Å². The Labute approximate surface area is 94.9 Å². The Hall–Kier alpha value is 0.570. The van der Waals surface area contributed by atoms with Crippen LogP contribution in [-0.4, -0.2) is 4.84 Å². The molecule has 1 rings (SSSR count). The lowest BCUT2D eigenvalue weighted by Gasteiger charge is -2.10. The minimum absolute atomic E-state index is 0.0434. The normalized spacial score (nSPS) is 13.4. The van der Waals surface area contributed by atoms with Crippen LogP contribution in [0.15, 0.2) is 24.3 Å². The van der Waals surface area contributed by atoms with Gasteiger partial charge in [0.25, 0.3) is 0 Å². The van der Waals surface area contributed by atoms with Gasteiger partial charge >= 0.3 is 0 Å². The average Bonchev–Trinajstić information content (AvgIpc) is 2.04. The van der Waals surface area contributed by atoms with E-state index in [1.165, 1.54) is 0 Å². The van der Waals surface area contributed by atoms with Crippen molar-refractivity contribution in [2.75, 3.05) is 0 Å². The summed E-state index contributed by atoms with van der Waals surface area (Å²) < 4.78 is 0. The highest BCUT2D eigenvalue weighted by atomic mass is 79.9. The molecule has 0 aliphatic carbocycles. The maximum Gasteiger partial charge on any atom is 0.124 e. The summed E-state index contributed by atoms with van der Waals surface area (Å²) in [6, 6.07) is 7.39. The number of halogens is 4. The molecule has 1 unspecified atom stereocenters. The first kappa shape index (κ1) is 10.6. The fourth-order valence-electron chi connectivity index (χ4n) is 0.792. The largest absolute Gasteiger partial charge is 0.124 e. The Kier molecular flexibility index (Phi) is 4.18. The van der Waals surface area contributed by atoms with E-state index in [0.717, 1.165) is 5.56 Å². The third kappa shape index (κ3) is 2.81. The van der Waals surface area contributed by atoms with Crippen LogP contribution in [0, 0.1) is 0 Å². The van der Waals surface area contributed by atoms with Gasteiger partial charge in [-0.2, -0.15) is 0 Å². The Morgan fingerprint density at radius 2 is 1.58 bits per heavy atom. The quantitative estimate of drug-likeness (QED) is 0.699. The van der Waals surface area contributed by atoms with Crippen molar-refractivity contribution in [2.45, 2.75) is 9.66 Å². The third-order valence-electron chi connectivity index (χ3n) is 1.41.